The zero-order valence-corrected chi connectivity index (χ0v) is 15.7. The summed E-state index contributed by atoms with van der Waals surface area (Å²) < 4.78 is 16.0. The maximum atomic E-state index is 12.4. The number of nitrogens with one attached hydrogen (secondary N) is 1. The molecule has 1 unspecified atom stereocenters. The Morgan fingerprint density at radius 1 is 1.19 bits per heavy atom. The number of carbonyl (C=O) groups excluding carboxylic acids is 1. The Morgan fingerprint density at radius 3 is 2.74 bits per heavy atom. The van der Waals surface area contributed by atoms with E-state index in [2.05, 4.69) is 10.5 Å². The first-order chi connectivity index (χ1) is 13.1. The Morgan fingerprint density at radius 2 is 2.00 bits per heavy atom. The fourth-order valence-electron chi connectivity index (χ4n) is 2.63. The standard InChI is InChI=1S/C20H19ClN2O4/c1-25-14-7-5-6-13(10-14)19(26-2)12-22-20(24)17-11-18(27-23-17)15-8-3-4-9-16(15)21/h3-11,19H,12H2,1-2H3,(H,22,24). The lowest BCUT2D eigenvalue weighted by molar-refractivity contribution is 0.0820. The largest absolute Gasteiger partial charge is 0.497 e. The Balaban J connectivity index is 1.67. The number of carbonyl (C=O) groups is 1. The molecular weight excluding hydrogens is 368 g/mol. The molecule has 0 aliphatic heterocycles. The highest BCUT2D eigenvalue weighted by molar-refractivity contribution is 6.33. The third kappa shape index (κ3) is 4.48. The van der Waals surface area contributed by atoms with Crippen LogP contribution in [0.4, 0.5) is 0 Å². The van der Waals surface area contributed by atoms with E-state index in [1.165, 1.54) is 0 Å². The average molecular weight is 387 g/mol. The van der Waals surface area contributed by atoms with Crippen molar-refractivity contribution >= 4 is 17.5 Å². The Labute approximate surface area is 162 Å². The van der Waals surface area contributed by atoms with Gasteiger partial charge >= 0.3 is 0 Å². The summed E-state index contributed by atoms with van der Waals surface area (Å²) in [4.78, 5) is 12.4. The molecule has 0 saturated carbocycles. The van der Waals surface area contributed by atoms with E-state index in [0.29, 0.717) is 16.3 Å². The van der Waals surface area contributed by atoms with Crippen molar-refractivity contribution in [2.75, 3.05) is 20.8 Å². The van der Waals surface area contributed by atoms with E-state index in [4.69, 9.17) is 25.6 Å². The smallest absolute Gasteiger partial charge is 0.273 e. The Bertz CT molecular complexity index is 926. The van der Waals surface area contributed by atoms with Crippen molar-refractivity contribution in [2.24, 2.45) is 0 Å². The zero-order valence-electron chi connectivity index (χ0n) is 14.9. The Kier molecular flexibility index (Phi) is 6.11. The maximum Gasteiger partial charge on any atom is 0.273 e. The van der Waals surface area contributed by atoms with Gasteiger partial charge in [0.2, 0.25) is 0 Å². The molecular formula is C20H19ClN2O4. The van der Waals surface area contributed by atoms with Crippen molar-refractivity contribution in [2.45, 2.75) is 6.10 Å². The zero-order chi connectivity index (χ0) is 19.2. The van der Waals surface area contributed by atoms with Gasteiger partial charge < -0.3 is 19.3 Å². The molecule has 0 aliphatic rings. The summed E-state index contributed by atoms with van der Waals surface area (Å²) in [5.41, 5.74) is 1.75. The highest BCUT2D eigenvalue weighted by atomic mass is 35.5. The van der Waals surface area contributed by atoms with Crippen LogP contribution in [0.3, 0.4) is 0 Å². The van der Waals surface area contributed by atoms with Crippen LogP contribution in [0.15, 0.2) is 59.1 Å². The van der Waals surface area contributed by atoms with Gasteiger partial charge in [0.05, 0.1) is 18.2 Å². The molecule has 0 bridgehead atoms. The number of rotatable bonds is 7. The fourth-order valence-corrected chi connectivity index (χ4v) is 2.85. The van der Waals surface area contributed by atoms with Crippen molar-refractivity contribution in [1.82, 2.24) is 10.5 Å². The van der Waals surface area contributed by atoms with E-state index in [1.807, 2.05) is 36.4 Å². The van der Waals surface area contributed by atoms with Crippen LogP contribution in [0.5, 0.6) is 5.75 Å². The number of ether oxygens (including phenoxy) is 2. The van der Waals surface area contributed by atoms with Crippen molar-refractivity contribution in [3.8, 4) is 17.1 Å². The highest BCUT2D eigenvalue weighted by Crippen LogP contribution is 2.28. The molecule has 1 N–H and O–H groups in total. The molecule has 0 spiro atoms. The predicted octanol–water partition coefficient (Wildman–Crippen LogP) is 4.12. The molecule has 2 aromatic carbocycles. The summed E-state index contributed by atoms with van der Waals surface area (Å²) in [6.45, 7) is 0.275. The van der Waals surface area contributed by atoms with Gasteiger partial charge in [-0.25, -0.2) is 0 Å². The molecule has 0 radical (unpaired) electrons. The van der Waals surface area contributed by atoms with Gasteiger partial charge in [0.1, 0.15) is 5.75 Å². The number of methoxy groups -OCH3 is 2. The van der Waals surface area contributed by atoms with Gasteiger partial charge in [-0.05, 0) is 29.8 Å². The van der Waals surface area contributed by atoms with Crippen molar-refractivity contribution in [3.63, 3.8) is 0 Å². The minimum atomic E-state index is -0.359. The van der Waals surface area contributed by atoms with Gasteiger partial charge in [0, 0.05) is 25.3 Å². The number of halogens is 1. The molecule has 0 fully saturated rings. The van der Waals surface area contributed by atoms with E-state index < -0.39 is 0 Å². The van der Waals surface area contributed by atoms with E-state index in [0.717, 1.165) is 11.3 Å². The molecule has 27 heavy (non-hydrogen) atoms. The van der Waals surface area contributed by atoms with Crippen molar-refractivity contribution in [3.05, 3.63) is 70.9 Å². The SMILES string of the molecule is COc1cccc(C(CNC(=O)c2cc(-c3ccccc3Cl)on2)OC)c1. The van der Waals surface area contributed by atoms with Gasteiger partial charge in [-0.3, -0.25) is 4.79 Å². The summed E-state index contributed by atoms with van der Waals surface area (Å²) >= 11 is 6.15. The van der Waals surface area contributed by atoms with Crippen molar-refractivity contribution in [1.29, 1.82) is 0 Å². The van der Waals surface area contributed by atoms with Crippen LogP contribution in [0.1, 0.15) is 22.2 Å². The second-order valence-corrected chi connectivity index (χ2v) is 6.17. The lowest BCUT2D eigenvalue weighted by Gasteiger charge is -2.16. The number of nitrogens with zero attached hydrogens (tertiary/aromatic N) is 1. The van der Waals surface area contributed by atoms with Gasteiger partial charge in [0.25, 0.3) is 5.91 Å². The van der Waals surface area contributed by atoms with Crippen molar-refractivity contribution < 1.29 is 18.8 Å². The van der Waals surface area contributed by atoms with Gasteiger partial charge in [-0.15, -0.1) is 0 Å². The van der Waals surface area contributed by atoms with Gasteiger partial charge in [0.15, 0.2) is 11.5 Å². The number of benzene rings is 2. The van der Waals surface area contributed by atoms with Crippen LogP contribution in [-0.2, 0) is 4.74 Å². The average Bonchev–Trinajstić information content (AvgIpc) is 3.19. The molecule has 0 aliphatic carbocycles. The number of hydrogen-bond acceptors (Lipinski definition) is 5. The molecule has 3 aromatic rings. The van der Waals surface area contributed by atoms with Gasteiger partial charge in [-0.2, -0.15) is 0 Å². The molecule has 0 saturated heterocycles. The predicted molar refractivity (Wildman–Crippen MR) is 102 cm³/mol. The van der Waals surface area contributed by atoms with Crippen LogP contribution in [-0.4, -0.2) is 31.8 Å². The summed E-state index contributed by atoms with van der Waals surface area (Å²) in [6, 6.07) is 16.3. The molecule has 1 amide bonds. The Hall–Kier alpha value is -2.83. The van der Waals surface area contributed by atoms with E-state index in [1.54, 1.807) is 32.4 Å². The molecule has 7 heteroatoms. The van der Waals surface area contributed by atoms with Crippen LogP contribution in [0.2, 0.25) is 5.02 Å². The first-order valence-corrected chi connectivity index (χ1v) is 8.66. The monoisotopic (exact) mass is 386 g/mol. The molecule has 1 heterocycles. The first-order valence-electron chi connectivity index (χ1n) is 8.29. The molecule has 140 valence electrons. The molecule has 6 nitrogen and oxygen atoms in total. The highest BCUT2D eigenvalue weighted by Gasteiger charge is 2.18. The molecule has 1 atom stereocenters. The third-order valence-corrected chi connectivity index (χ3v) is 4.41. The quantitative estimate of drug-likeness (QED) is 0.661. The summed E-state index contributed by atoms with van der Waals surface area (Å²) in [7, 11) is 3.19. The summed E-state index contributed by atoms with van der Waals surface area (Å²) in [6.07, 6.45) is -0.320. The van der Waals surface area contributed by atoms with Gasteiger partial charge in [-0.1, -0.05) is 41.0 Å². The maximum absolute atomic E-state index is 12.4. The normalized spacial score (nSPS) is 11.8. The number of amides is 1. The lowest BCUT2D eigenvalue weighted by Crippen LogP contribution is -2.29. The topological polar surface area (TPSA) is 73.6 Å². The molecule has 3 rings (SSSR count). The first kappa shape index (κ1) is 18.9. The summed E-state index contributed by atoms with van der Waals surface area (Å²) in [5, 5.41) is 7.16. The minimum Gasteiger partial charge on any atom is -0.497 e. The second-order valence-electron chi connectivity index (χ2n) is 5.77. The summed E-state index contributed by atoms with van der Waals surface area (Å²) in [5.74, 6) is 0.797. The fraction of sp³-hybridized carbons (Fsp3) is 0.200. The van der Waals surface area contributed by atoms with E-state index in [9.17, 15) is 4.79 Å². The van der Waals surface area contributed by atoms with Crippen LogP contribution < -0.4 is 10.1 Å². The van der Waals surface area contributed by atoms with Crippen LogP contribution in [0.25, 0.3) is 11.3 Å². The molecule has 1 aromatic heterocycles. The number of hydrogen-bond donors (Lipinski definition) is 1. The minimum absolute atomic E-state index is 0.172. The van der Waals surface area contributed by atoms with Crippen LogP contribution >= 0.6 is 11.6 Å². The van der Waals surface area contributed by atoms with Crippen LogP contribution in [0, 0.1) is 0 Å². The third-order valence-electron chi connectivity index (χ3n) is 4.08. The van der Waals surface area contributed by atoms with E-state index in [-0.39, 0.29) is 24.2 Å². The van der Waals surface area contributed by atoms with E-state index >= 15 is 0 Å². The lowest BCUT2D eigenvalue weighted by atomic mass is 10.1. The number of aromatic nitrogens is 1. The second kappa shape index (κ2) is 8.70.